The minimum absolute atomic E-state index is 0.0228. The van der Waals surface area contributed by atoms with Crippen molar-refractivity contribution in [3.63, 3.8) is 0 Å². The van der Waals surface area contributed by atoms with Gasteiger partial charge in [0, 0.05) is 22.1 Å². The third-order valence-corrected chi connectivity index (χ3v) is 5.32. The summed E-state index contributed by atoms with van der Waals surface area (Å²) in [4.78, 5) is 11.6. The van der Waals surface area contributed by atoms with Crippen LogP contribution in [0.3, 0.4) is 0 Å². The van der Waals surface area contributed by atoms with E-state index in [0.717, 1.165) is 17.5 Å². The lowest BCUT2D eigenvalue weighted by Gasteiger charge is -2.32. The van der Waals surface area contributed by atoms with Gasteiger partial charge in [0.1, 0.15) is 5.75 Å². The van der Waals surface area contributed by atoms with E-state index < -0.39 is 18.2 Å². The van der Waals surface area contributed by atoms with Gasteiger partial charge in [-0.05, 0) is 18.1 Å². The molecule has 28 heavy (non-hydrogen) atoms. The Hall–Kier alpha value is -2.84. The first-order valence-corrected chi connectivity index (χ1v) is 9.24. The number of rotatable bonds is 3. The summed E-state index contributed by atoms with van der Waals surface area (Å²) in [7, 11) is 0. The van der Waals surface area contributed by atoms with Crippen LogP contribution in [0.15, 0.2) is 36.4 Å². The van der Waals surface area contributed by atoms with E-state index in [1.54, 1.807) is 12.1 Å². The van der Waals surface area contributed by atoms with Crippen molar-refractivity contribution in [2.45, 2.75) is 24.7 Å². The fourth-order valence-corrected chi connectivity index (χ4v) is 4.02. The summed E-state index contributed by atoms with van der Waals surface area (Å²) >= 11 is 0. The molecule has 8 heteroatoms. The Bertz CT molecular complexity index is 909. The average Bonchev–Trinajstić information content (AvgIpc) is 3.19. The van der Waals surface area contributed by atoms with Crippen molar-refractivity contribution in [3.8, 4) is 17.2 Å². The van der Waals surface area contributed by atoms with Crippen LogP contribution in [-0.4, -0.2) is 37.6 Å². The first-order chi connectivity index (χ1) is 13.7. The van der Waals surface area contributed by atoms with Gasteiger partial charge in [-0.2, -0.15) is 0 Å². The predicted molar refractivity (Wildman–Crippen MR) is 96.4 cm³/mol. The third kappa shape index (κ3) is 2.85. The molecule has 0 aliphatic carbocycles. The second-order valence-electron chi connectivity index (χ2n) is 6.94. The Morgan fingerprint density at radius 2 is 1.61 bits per heavy atom. The molecule has 0 aromatic heterocycles. The van der Waals surface area contributed by atoms with E-state index >= 15 is 0 Å². The highest BCUT2D eigenvalue weighted by atomic mass is 16.7. The molecule has 0 bridgehead atoms. The lowest BCUT2D eigenvalue weighted by molar-refractivity contribution is -0.528. The van der Waals surface area contributed by atoms with Crippen molar-refractivity contribution < 1.29 is 28.6 Å². The molecule has 0 spiro atoms. The van der Waals surface area contributed by atoms with Gasteiger partial charge in [-0.25, -0.2) is 0 Å². The summed E-state index contributed by atoms with van der Waals surface area (Å²) in [5, 5.41) is 11.9. The van der Waals surface area contributed by atoms with Gasteiger partial charge in [0.15, 0.2) is 24.4 Å². The zero-order valence-corrected chi connectivity index (χ0v) is 15.0. The van der Waals surface area contributed by atoms with Gasteiger partial charge in [-0.3, -0.25) is 10.1 Å². The van der Waals surface area contributed by atoms with Crippen LogP contribution in [0.4, 0.5) is 0 Å². The van der Waals surface area contributed by atoms with E-state index in [4.69, 9.17) is 23.7 Å². The second-order valence-corrected chi connectivity index (χ2v) is 6.94. The first kappa shape index (κ1) is 17.3. The molecular weight excluding hydrogens is 366 g/mol. The number of nitro groups is 1. The van der Waals surface area contributed by atoms with E-state index in [2.05, 4.69) is 0 Å². The second kappa shape index (κ2) is 6.96. The van der Waals surface area contributed by atoms with Crippen LogP contribution in [0.5, 0.6) is 17.2 Å². The van der Waals surface area contributed by atoms with E-state index in [1.807, 2.05) is 24.3 Å². The molecule has 3 heterocycles. The molecule has 0 N–H and O–H groups in total. The molecule has 3 aliphatic heterocycles. The molecule has 3 aliphatic rings. The fourth-order valence-electron chi connectivity index (χ4n) is 4.02. The smallest absolute Gasteiger partial charge is 0.257 e. The number of nitrogens with zero attached hydrogens (tertiary/aromatic N) is 1. The topological polar surface area (TPSA) is 89.3 Å². The number of fused-ring (bicyclic) bond motifs is 2. The van der Waals surface area contributed by atoms with Crippen molar-refractivity contribution in [1.29, 1.82) is 0 Å². The Labute approximate surface area is 161 Å². The highest BCUT2D eigenvalue weighted by molar-refractivity contribution is 5.57. The molecule has 146 valence electrons. The van der Waals surface area contributed by atoms with Crippen molar-refractivity contribution in [1.82, 2.24) is 0 Å². The summed E-state index contributed by atoms with van der Waals surface area (Å²) in [6.07, 6.45) is 0.303. The summed E-state index contributed by atoms with van der Waals surface area (Å²) in [5.41, 5.74) is 2.32. The average molecular weight is 385 g/mol. The van der Waals surface area contributed by atoms with Gasteiger partial charge in [0.25, 0.3) is 6.04 Å². The van der Waals surface area contributed by atoms with Gasteiger partial charge >= 0.3 is 0 Å². The zero-order chi connectivity index (χ0) is 19.1. The van der Waals surface area contributed by atoms with E-state index in [9.17, 15) is 10.1 Å². The van der Waals surface area contributed by atoms with E-state index in [1.165, 1.54) is 0 Å². The number of benzene rings is 2. The summed E-state index contributed by atoms with van der Waals surface area (Å²) < 4.78 is 28.2. The Balaban J connectivity index is 1.64. The first-order valence-electron chi connectivity index (χ1n) is 9.24. The molecule has 1 saturated heterocycles. The van der Waals surface area contributed by atoms with Crippen molar-refractivity contribution in [2.75, 3.05) is 26.6 Å². The zero-order valence-electron chi connectivity index (χ0n) is 15.0. The lowest BCUT2D eigenvalue weighted by Crippen LogP contribution is -2.38. The van der Waals surface area contributed by atoms with Gasteiger partial charge in [-0.1, -0.05) is 24.3 Å². The molecular formula is C20H19NO7. The van der Waals surface area contributed by atoms with Crippen LogP contribution in [0.25, 0.3) is 0 Å². The van der Waals surface area contributed by atoms with Gasteiger partial charge in [-0.15, -0.1) is 0 Å². The molecule has 0 amide bonds. The van der Waals surface area contributed by atoms with Crippen molar-refractivity contribution in [3.05, 3.63) is 63.2 Å². The largest absolute Gasteiger partial charge is 0.486 e. The van der Waals surface area contributed by atoms with Crippen LogP contribution in [0, 0.1) is 10.1 Å². The lowest BCUT2D eigenvalue weighted by atomic mass is 9.81. The normalized spacial score (nSPS) is 23.7. The minimum atomic E-state index is -0.933. The Kier molecular flexibility index (Phi) is 4.29. The molecule has 2 aromatic carbocycles. The minimum Gasteiger partial charge on any atom is -0.486 e. The Morgan fingerprint density at radius 1 is 0.893 bits per heavy atom. The maximum absolute atomic E-state index is 11.9. The van der Waals surface area contributed by atoms with Crippen LogP contribution >= 0.6 is 0 Å². The summed E-state index contributed by atoms with van der Waals surface area (Å²) in [5.74, 6) is 1.22. The van der Waals surface area contributed by atoms with Crippen LogP contribution in [0.2, 0.25) is 0 Å². The number of hydrogen-bond acceptors (Lipinski definition) is 7. The standard InChI is InChI=1S/C20H19NO7/c22-21(23)15-10-26-16-9-18-17(27-11-28-18)8-14(16)19(15)12-4-1-2-5-13(12)20-24-6-3-7-25-20/h1-2,4-5,8-9,15,19-20H,3,6-7,10-11H2/t15-,19?/m1/s1. The SMILES string of the molecule is O=[N+]([O-])[C@@H]1COc2cc3c(cc2C1c1ccccc1C1OCCCO1)OCO3. The van der Waals surface area contributed by atoms with Gasteiger partial charge in [0.2, 0.25) is 6.79 Å². The highest BCUT2D eigenvalue weighted by Gasteiger charge is 2.43. The van der Waals surface area contributed by atoms with Crippen LogP contribution in [-0.2, 0) is 9.47 Å². The maximum atomic E-state index is 11.9. The molecule has 5 rings (SSSR count). The fraction of sp³-hybridized carbons (Fsp3) is 0.400. The number of ether oxygens (including phenoxy) is 5. The molecule has 2 atom stereocenters. The van der Waals surface area contributed by atoms with Crippen molar-refractivity contribution >= 4 is 0 Å². The molecule has 1 fully saturated rings. The third-order valence-electron chi connectivity index (χ3n) is 5.32. The molecule has 8 nitrogen and oxygen atoms in total. The van der Waals surface area contributed by atoms with Crippen molar-refractivity contribution in [2.24, 2.45) is 0 Å². The van der Waals surface area contributed by atoms with Crippen LogP contribution in [0.1, 0.15) is 35.3 Å². The van der Waals surface area contributed by atoms with Gasteiger partial charge in [0.05, 0.1) is 19.1 Å². The maximum Gasteiger partial charge on any atom is 0.257 e. The summed E-state index contributed by atoms with van der Waals surface area (Å²) in [6, 6.07) is 10.2. The van der Waals surface area contributed by atoms with Gasteiger partial charge < -0.3 is 23.7 Å². The molecule has 0 saturated carbocycles. The highest BCUT2D eigenvalue weighted by Crippen LogP contribution is 2.47. The van der Waals surface area contributed by atoms with E-state index in [-0.39, 0.29) is 18.3 Å². The monoisotopic (exact) mass is 385 g/mol. The molecule has 0 radical (unpaired) electrons. The Morgan fingerprint density at radius 3 is 2.36 bits per heavy atom. The van der Waals surface area contributed by atoms with Crippen LogP contribution < -0.4 is 14.2 Å². The predicted octanol–water partition coefficient (Wildman–Crippen LogP) is 3.02. The summed E-state index contributed by atoms with van der Waals surface area (Å²) in [6.45, 7) is 1.30. The molecule has 2 aromatic rings. The quantitative estimate of drug-likeness (QED) is 0.593. The van der Waals surface area contributed by atoms with E-state index in [0.29, 0.717) is 36.0 Å². The number of hydrogen-bond donors (Lipinski definition) is 0. The molecule has 1 unspecified atom stereocenters.